The van der Waals surface area contributed by atoms with Gasteiger partial charge in [-0.15, -0.1) is 11.3 Å². The van der Waals surface area contributed by atoms with Crippen LogP contribution >= 0.6 is 11.3 Å². The van der Waals surface area contributed by atoms with Gasteiger partial charge in [0.1, 0.15) is 5.01 Å². The SMILES string of the molecule is Cc1nc(C(CC(C)C)NC(=O)c2ccc(N3CCCC3=O)cc2)sc1C. The number of nitrogens with zero attached hydrogens (tertiary/aromatic N) is 2. The zero-order valence-electron chi connectivity index (χ0n) is 16.4. The molecule has 6 heteroatoms. The molecule has 1 aromatic carbocycles. The summed E-state index contributed by atoms with van der Waals surface area (Å²) < 4.78 is 0. The number of rotatable bonds is 6. The smallest absolute Gasteiger partial charge is 0.251 e. The summed E-state index contributed by atoms with van der Waals surface area (Å²) in [6, 6.07) is 7.21. The fraction of sp³-hybridized carbons (Fsp3) is 0.476. The van der Waals surface area contributed by atoms with Crippen LogP contribution in [0.4, 0.5) is 5.69 Å². The Morgan fingerprint density at radius 3 is 2.48 bits per heavy atom. The number of hydrogen-bond acceptors (Lipinski definition) is 4. The maximum Gasteiger partial charge on any atom is 0.251 e. The van der Waals surface area contributed by atoms with Crippen LogP contribution < -0.4 is 10.2 Å². The Bertz CT molecular complexity index is 807. The second-order valence-corrected chi connectivity index (χ2v) is 8.78. The molecule has 0 aliphatic carbocycles. The maximum atomic E-state index is 12.8. The molecule has 2 amide bonds. The van der Waals surface area contributed by atoms with Crippen LogP contribution in [-0.2, 0) is 4.79 Å². The van der Waals surface area contributed by atoms with Crippen LogP contribution in [0.1, 0.15) is 65.1 Å². The summed E-state index contributed by atoms with van der Waals surface area (Å²) in [5, 5.41) is 4.11. The van der Waals surface area contributed by atoms with Crippen molar-refractivity contribution < 1.29 is 9.59 Å². The van der Waals surface area contributed by atoms with Gasteiger partial charge in [-0.2, -0.15) is 0 Å². The van der Waals surface area contributed by atoms with E-state index in [1.54, 1.807) is 28.4 Å². The van der Waals surface area contributed by atoms with Crippen molar-refractivity contribution in [3.8, 4) is 0 Å². The number of anilines is 1. The molecule has 1 atom stereocenters. The highest BCUT2D eigenvalue weighted by Gasteiger charge is 2.23. The Morgan fingerprint density at radius 2 is 1.96 bits per heavy atom. The number of hydrogen-bond donors (Lipinski definition) is 1. The highest BCUT2D eigenvalue weighted by atomic mass is 32.1. The first-order valence-electron chi connectivity index (χ1n) is 9.50. The van der Waals surface area contributed by atoms with Crippen LogP contribution in [0.2, 0.25) is 0 Å². The normalized spacial score (nSPS) is 15.4. The predicted molar refractivity (Wildman–Crippen MR) is 109 cm³/mol. The van der Waals surface area contributed by atoms with Crippen molar-refractivity contribution in [1.82, 2.24) is 10.3 Å². The molecule has 1 saturated heterocycles. The quantitative estimate of drug-likeness (QED) is 0.801. The van der Waals surface area contributed by atoms with Crippen LogP contribution in [0.5, 0.6) is 0 Å². The molecule has 0 bridgehead atoms. The lowest BCUT2D eigenvalue weighted by Crippen LogP contribution is -2.29. The average molecular weight is 386 g/mol. The molecule has 1 N–H and O–H groups in total. The van der Waals surface area contributed by atoms with Crippen molar-refractivity contribution in [2.75, 3.05) is 11.4 Å². The Morgan fingerprint density at radius 1 is 1.26 bits per heavy atom. The summed E-state index contributed by atoms with van der Waals surface area (Å²) in [4.78, 5) is 32.3. The molecule has 1 fully saturated rings. The minimum absolute atomic E-state index is 0.0882. The number of thiazole rings is 1. The Balaban J connectivity index is 1.74. The number of carbonyl (C=O) groups excluding carboxylic acids is 2. The average Bonchev–Trinajstić information content (AvgIpc) is 3.20. The lowest BCUT2D eigenvalue weighted by Gasteiger charge is -2.19. The number of amides is 2. The van der Waals surface area contributed by atoms with Gasteiger partial charge in [0.2, 0.25) is 5.91 Å². The monoisotopic (exact) mass is 385 g/mol. The van der Waals surface area contributed by atoms with E-state index in [4.69, 9.17) is 0 Å². The molecule has 5 nitrogen and oxygen atoms in total. The summed E-state index contributed by atoms with van der Waals surface area (Å²) in [5.74, 6) is 0.493. The van der Waals surface area contributed by atoms with E-state index in [1.807, 2.05) is 19.1 Å². The molecule has 0 spiro atoms. The van der Waals surface area contributed by atoms with E-state index >= 15 is 0 Å². The molecule has 27 heavy (non-hydrogen) atoms. The van der Waals surface area contributed by atoms with Crippen LogP contribution in [0.3, 0.4) is 0 Å². The van der Waals surface area contributed by atoms with Gasteiger partial charge in [-0.25, -0.2) is 4.98 Å². The van der Waals surface area contributed by atoms with Gasteiger partial charge in [0, 0.05) is 29.1 Å². The van der Waals surface area contributed by atoms with Gasteiger partial charge < -0.3 is 10.2 Å². The first-order valence-corrected chi connectivity index (χ1v) is 10.3. The zero-order valence-corrected chi connectivity index (χ0v) is 17.2. The number of aryl methyl sites for hydroxylation is 2. The molecule has 1 aromatic heterocycles. The lowest BCUT2D eigenvalue weighted by molar-refractivity contribution is -0.117. The third kappa shape index (κ3) is 4.56. The third-order valence-electron chi connectivity index (χ3n) is 4.87. The first kappa shape index (κ1) is 19.5. The summed E-state index contributed by atoms with van der Waals surface area (Å²) in [6.07, 6.45) is 2.34. The van der Waals surface area contributed by atoms with Gasteiger partial charge in [-0.3, -0.25) is 9.59 Å². The molecule has 3 rings (SSSR count). The fourth-order valence-corrected chi connectivity index (χ4v) is 4.28. The van der Waals surface area contributed by atoms with E-state index in [2.05, 4.69) is 31.1 Å². The second kappa shape index (κ2) is 8.21. The summed E-state index contributed by atoms with van der Waals surface area (Å²) in [5.41, 5.74) is 2.49. The van der Waals surface area contributed by atoms with Gasteiger partial charge in [0.05, 0.1) is 11.7 Å². The molecule has 0 radical (unpaired) electrons. The minimum Gasteiger partial charge on any atom is -0.343 e. The number of aromatic nitrogens is 1. The highest BCUT2D eigenvalue weighted by Crippen LogP contribution is 2.28. The molecular weight excluding hydrogens is 358 g/mol. The van der Waals surface area contributed by atoms with Crippen LogP contribution in [0.25, 0.3) is 0 Å². The zero-order chi connectivity index (χ0) is 19.6. The molecule has 2 aromatic rings. The van der Waals surface area contributed by atoms with E-state index in [1.165, 1.54) is 4.88 Å². The fourth-order valence-electron chi connectivity index (χ4n) is 3.29. The van der Waals surface area contributed by atoms with Crippen molar-refractivity contribution in [3.63, 3.8) is 0 Å². The third-order valence-corrected chi connectivity index (χ3v) is 6.06. The van der Waals surface area contributed by atoms with E-state index < -0.39 is 0 Å². The first-order chi connectivity index (χ1) is 12.8. The molecule has 1 aliphatic rings. The molecule has 1 unspecified atom stereocenters. The number of benzene rings is 1. The predicted octanol–water partition coefficient (Wildman–Crippen LogP) is 4.40. The van der Waals surface area contributed by atoms with Crippen molar-refractivity contribution in [2.45, 2.75) is 53.0 Å². The van der Waals surface area contributed by atoms with Crippen molar-refractivity contribution >= 4 is 28.8 Å². The highest BCUT2D eigenvalue weighted by molar-refractivity contribution is 7.11. The van der Waals surface area contributed by atoms with E-state index in [9.17, 15) is 9.59 Å². The topological polar surface area (TPSA) is 62.3 Å². The van der Waals surface area contributed by atoms with E-state index in [0.717, 1.165) is 35.8 Å². The van der Waals surface area contributed by atoms with Gasteiger partial charge in [0.15, 0.2) is 0 Å². The van der Waals surface area contributed by atoms with Gasteiger partial charge in [-0.05, 0) is 56.9 Å². The molecule has 2 heterocycles. The van der Waals surface area contributed by atoms with Gasteiger partial charge in [-0.1, -0.05) is 13.8 Å². The minimum atomic E-state index is -0.106. The molecule has 1 aliphatic heterocycles. The number of nitrogens with one attached hydrogen (secondary N) is 1. The molecule has 144 valence electrons. The Labute approximate surface area is 164 Å². The maximum absolute atomic E-state index is 12.8. The lowest BCUT2D eigenvalue weighted by atomic mass is 10.0. The van der Waals surface area contributed by atoms with Crippen LogP contribution in [0.15, 0.2) is 24.3 Å². The van der Waals surface area contributed by atoms with Crippen LogP contribution in [0, 0.1) is 19.8 Å². The van der Waals surface area contributed by atoms with Crippen molar-refractivity contribution in [2.24, 2.45) is 5.92 Å². The summed E-state index contributed by atoms with van der Waals surface area (Å²) in [7, 11) is 0. The summed E-state index contributed by atoms with van der Waals surface area (Å²) in [6.45, 7) is 9.11. The van der Waals surface area contributed by atoms with Gasteiger partial charge in [0.25, 0.3) is 5.91 Å². The molecular formula is C21H27N3O2S. The standard InChI is InChI=1S/C21H27N3O2S/c1-13(2)12-18(21-22-14(3)15(4)27-21)23-20(26)16-7-9-17(10-8-16)24-11-5-6-19(24)25/h7-10,13,18H,5-6,11-12H2,1-4H3,(H,23,26). The van der Waals surface area contributed by atoms with Crippen molar-refractivity contribution in [1.29, 1.82) is 0 Å². The summed E-state index contributed by atoms with van der Waals surface area (Å²) >= 11 is 1.65. The van der Waals surface area contributed by atoms with E-state index in [-0.39, 0.29) is 17.9 Å². The number of carbonyl (C=O) groups is 2. The second-order valence-electron chi connectivity index (χ2n) is 7.55. The van der Waals surface area contributed by atoms with Crippen molar-refractivity contribution in [3.05, 3.63) is 45.4 Å². The van der Waals surface area contributed by atoms with E-state index in [0.29, 0.717) is 17.9 Å². The molecule has 0 saturated carbocycles. The Hall–Kier alpha value is -2.21. The van der Waals surface area contributed by atoms with Gasteiger partial charge >= 0.3 is 0 Å². The Kier molecular flexibility index (Phi) is 5.95. The largest absolute Gasteiger partial charge is 0.343 e. The van der Waals surface area contributed by atoms with Crippen LogP contribution in [-0.4, -0.2) is 23.3 Å².